The van der Waals surface area contributed by atoms with Crippen molar-refractivity contribution in [1.29, 1.82) is 0 Å². The van der Waals surface area contributed by atoms with Crippen LogP contribution in [0.2, 0.25) is 0 Å². The molecule has 23 heavy (non-hydrogen) atoms. The Labute approximate surface area is 140 Å². The smallest absolute Gasteiger partial charge is 0.233 e. The number of fused-ring (bicyclic) bond motifs is 1. The van der Waals surface area contributed by atoms with Gasteiger partial charge in [0.25, 0.3) is 0 Å². The molecule has 4 rings (SSSR count). The zero-order valence-electron chi connectivity index (χ0n) is 13.2. The Bertz CT molecular complexity index is 738. The minimum Gasteiger partial charge on any atom is -0.337 e. The van der Waals surface area contributed by atoms with Crippen LogP contribution in [0.25, 0.3) is 0 Å². The molecule has 1 amide bonds. The first kappa shape index (κ1) is 14.8. The highest BCUT2D eigenvalue weighted by molar-refractivity contribution is 7.99. The summed E-state index contributed by atoms with van der Waals surface area (Å²) < 4.78 is 2.04. The lowest BCUT2D eigenvalue weighted by Gasteiger charge is -2.28. The van der Waals surface area contributed by atoms with E-state index < -0.39 is 0 Å². The van der Waals surface area contributed by atoms with E-state index in [1.54, 1.807) is 0 Å². The second-order valence-electron chi connectivity index (χ2n) is 6.30. The molecule has 2 heterocycles. The van der Waals surface area contributed by atoms with Crippen molar-refractivity contribution in [3.8, 4) is 0 Å². The van der Waals surface area contributed by atoms with E-state index >= 15 is 0 Å². The van der Waals surface area contributed by atoms with E-state index in [-0.39, 0.29) is 5.91 Å². The normalized spacial score (nSPS) is 17.2. The molecule has 1 fully saturated rings. The van der Waals surface area contributed by atoms with E-state index in [1.165, 1.54) is 35.7 Å². The first-order chi connectivity index (χ1) is 11.2. The lowest BCUT2D eigenvalue weighted by atomic mass is 10.00. The van der Waals surface area contributed by atoms with E-state index in [9.17, 15) is 4.79 Å². The maximum absolute atomic E-state index is 12.5. The van der Waals surface area contributed by atoms with Gasteiger partial charge >= 0.3 is 0 Å². The monoisotopic (exact) mass is 328 g/mol. The lowest BCUT2D eigenvalue weighted by molar-refractivity contribution is -0.129. The summed E-state index contributed by atoms with van der Waals surface area (Å²) in [5, 5.41) is 9.35. The largest absolute Gasteiger partial charge is 0.337 e. The van der Waals surface area contributed by atoms with Crippen LogP contribution in [0.3, 0.4) is 0 Å². The number of benzene rings is 1. The highest BCUT2D eigenvalue weighted by Crippen LogP contribution is 2.39. The number of rotatable bonds is 4. The molecule has 0 saturated heterocycles. The Morgan fingerprint density at radius 3 is 2.83 bits per heavy atom. The number of carbonyl (C=O) groups is 1. The van der Waals surface area contributed by atoms with Gasteiger partial charge in [-0.1, -0.05) is 36.0 Å². The van der Waals surface area contributed by atoms with Crippen LogP contribution in [-0.2, 0) is 24.8 Å². The van der Waals surface area contributed by atoms with Gasteiger partial charge in [0.15, 0.2) is 5.16 Å². The van der Waals surface area contributed by atoms with Crippen LogP contribution in [-0.4, -0.2) is 37.9 Å². The lowest BCUT2D eigenvalue weighted by Crippen LogP contribution is -2.37. The Balaban J connectivity index is 1.37. The predicted molar refractivity (Wildman–Crippen MR) is 89.3 cm³/mol. The molecule has 1 saturated carbocycles. The quantitative estimate of drug-likeness (QED) is 0.809. The molecule has 1 aromatic carbocycles. The molecule has 0 unspecified atom stereocenters. The molecule has 120 valence electrons. The molecule has 1 aliphatic heterocycles. The molecular weight excluding hydrogens is 308 g/mol. The molecule has 0 bridgehead atoms. The first-order valence-electron chi connectivity index (χ1n) is 8.09. The number of aromatic nitrogens is 3. The molecule has 6 heteroatoms. The second kappa shape index (κ2) is 6.00. The van der Waals surface area contributed by atoms with Crippen LogP contribution in [0.4, 0.5) is 0 Å². The molecule has 0 N–H and O–H groups in total. The van der Waals surface area contributed by atoms with Gasteiger partial charge in [-0.05, 0) is 30.4 Å². The van der Waals surface area contributed by atoms with Gasteiger partial charge in [-0.2, -0.15) is 0 Å². The molecular formula is C17H20N4OS. The fourth-order valence-electron chi connectivity index (χ4n) is 3.08. The molecule has 0 radical (unpaired) electrons. The summed E-state index contributed by atoms with van der Waals surface area (Å²) in [5.74, 6) is 2.25. The number of amides is 1. The third-order valence-electron chi connectivity index (χ3n) is 4.62. The summed E-state index contributed by atoms with van der Waals surface area (Å²) >= 11 is 1.49. The van der Waals surface area contributed by atoms with Crippen molar-refractivity contribution < 1.29 is 4.79 Å². The summed E-state index contributed by atoms with van der Waals surface area (Å²) in [5.41, 5.74) is 2.64. The minimum absolute atomic E-state index is 0.181. The van der Waals surface area contributed by atoms with E-state index in [0.717, 1.165) is 30.5 Å². The zero-order valence-corrected chi connectivity index (χ0v) is 14.1. The third kappa shape index (κ3) is 3.00. The van der Waals surface area contributed by atoms with Gasteiger partial charge in [-0.15, -0.1) is 10.2 Å². The van der Waals surface area contributed by atoms with Crippen molar-refractivity contribution in [2.24, 2.45) is 7.05 Å². The van der Waals surface area contributed by atoms with E-state index in [2.05, 4.69) is 28.4 Å². The van der Waals surface area contributed by atoms with Gasteiger partial charge in [0.05, 0.1) is 5.75 Å². The fourth-order valence-corrected chi connectivity index (χ4v) is 3.90. The Hall–Kier alpha value is -1.82. The number of carbonyl (C=O) groups excluding carboxylic acids is 1. The molecule has 1 aromatic heterocycles. The van der Waals surface area contributed by atoms with Crippen molar-refractivity contribution in [3.63, 3.8) is 0 Å². The summed E-state index contributed by atoms with van der Waals surface area (Å²) in [4.78, 5) is 14.4. The van der Waals surface area contributed by atoms with Crippen LogP contribution in [0, 0.1) is 0 Å². The van der Waals surface area contributed by atoms with Crippen molar-refractivity contribution in [1.82, 2.24) is 19.7 Å². The van der Waals surface area contributed by atoms with Gasteiger partial charge in [0.2, 0.25) is 5.91 Å². The molecule has 0 atom stereocenters. The molecule has 1 aliphatic carbocycles. The first-order valence-corrected chi connectivity index (χ1v) is 9.07. The van der Waals surface area contributed by atoms with Crippen molar-refractivity contribution in [2.45, 2.75) is 36.9 Å². The van der Waals surface area contributed by atoms with Crippen LogP contribution in [0.5, 0.6) is 0 Å². The van der Waals surface area contributed by atoms with Gasteiger partial charge < -0.3 is 9.47 Å². The number of nitrogens with zero attached hydrogens (tertiary/aromatic N) is 4. The van der Waals surface area contributed by atoms with Crippen molar-refractivity contribution >= 4 is 17.7 Å². The van der Waals surface area contributed by atoms with E-state index in [4.69, 9.17) is 0 Å². The fraction of sp³-hybridized carbons (Fsp3) is 0.471. The average molecular weight is 328 g/mol. The van der Waals surface area contributed by atoms with Gasteiger partial charge in [0, 0.05) is 26.1 Å². The second-order valence-corrected chi connectivity index (χ2v) is 7.24. The average Bonchev–Trinajstić information content (AvgIpc) is 3.36. The summed E-state index contributed by atoms with van der Waals surface area (Å²) in [7, 11) is 2.00. The third-order valence-corrected chi connectivity index (χ3v) is 5.62. The Morgan fingerprint density at radius 1 is 1.26 bits per heavy atom. The predicted octanol–water partition coefficient (Wildman–Crippen LogP) is 2.37. The highest BCUT2D eigenvalue weighted by Gasteiger charge is 2.29. The summed E-state index contributed by atoms with van der Waals surface area (Å²) in [6.07, 6.45) is 3.37. The van der Waals surface area contributed by atoms with Crippen LogP contribution >= 0.6 is 11.8 Å². The zero-order chi connectivity index (χ0) is 15.8. The number of thioether (sulfide) groups is 1. The topological polar surface area (TPSA) is 51.0 Å². The van der Waals surface area contributed by atoms with Gasteiger partial charge in [-0.3, -0.25) is 4.79 Å². The Kier molecular flexibility index (Phi) is 3.85. The SMILES string of the molecule is Cn1c(SCC(=O)N2CCc3ccccc3C2)nnc1C1CC1. The van der Waals surface area contributed by atoms with E-state index in [1.807, 2.05) is 22.6 Å². The van der Waals surface area contributed by atoms with E-state index in [0.29, 0.717) is 11.7 Å². The molecule has 2 aliphatic rings. The molecule has 0 spiro atoms. The van der Waals surface area contributed by atoms with Gasteiger partial charge in [0.1, 0.15) is 5.82 Å². The minimum atomic E-state index is 0.181. The number of hydrogen-bond acceptors (Lipinski definition) is 4. The van der Waals surface area contributed by atoms with Gasteiger partial charge in [-0.25, -0.2) is 0 Å². The van der Waals surface area contributed by atoms with Crippen molar-refractivity contribution in [2.75, 3.05) is 12.3 Å². The van der Waals surface area contributed by atoms with Crippen LogP contribution in [0.1, 0.15) is 35.7 Å². The highest BCUT2D eigenvalue weighted by atomic mass is 32.2. The van der Waals surface area contributed by atoms with Crippen LogP contribution < -0.4 is 0 Å². The van der Waals surface area contributed by atoms with Crippen molar-refractivity contribution in [3.05, 3.63) is 41.2 Å². The maximum atomic E-state index is 12.5. The molecule has 2 aromatic rings. The summed E-state index contributed by atoms with van der Waals surface area (Å²) in [6, 6.07) is 8.38. The number of hydrogen-bond donors (Lipinski definition) is 0. The summed E-state index contributed by atoms with van der Waals surface area (Å²) in [6.45, 7) is 1.53. The maximum Gasteiger partial charge on any atom is 0.233 e. The molecule has 5 nitrogen and oxygen atoms in total. The Morgan fingerprint density at radius 2 is 2.04 bits per heavy atom. The van der Waals surface area contributed by atoms with Crippen LogP contribution in [0.15, 0.2) is 29.4 Å². The standard InChI is InChI=1S/C17H20N4OS/c1-20-16(13-6-7-13)18-19-17(20)23-11-15(22)21-9-8-12-4-2-3-5-14(12)10-21/h2-5,13H,6-11H2,1H3.